The van der Waals surface area contributed by atoms with Gasteiger partial charge in [-0.3, -0.25) is 9.59 Å². The summed E-state index contributed by atoms with van der Waals surface area (Å²) in [6, 6.07) is 5.99. The number of carbonyl (C=O) groups excluding carboxylic acids is 1. The second-order valence-corrected chi connectivity index (χ2v) is 5.40. The van der Waals surface area contributed by atoms with Crippen LogP contribution in [0.2, 0.25) is 0 Å². The van der Waals surface area contributed by atoms with Gasteiger partial charge in [-0.15, -0.1) is 0 Å². The number of alkyl halides is 3. The van der Waals surface area contributed by atoms with Crippen LogP contribution in [0.25, 0.3) is 11.1 Å². The zero-order valence-corrected chi connectivity index (χ0v) is 12.6. The fraction of sp³-hybridized carbons (Fsp3) is 0.250. The number of benzene rings is 1. The predicted molar refractivity (Wildman–Crippen MR) is 79.8 cm³/mol. The topological polar surface area (TPSA) is 60.3 Å². The van der Waals surface area contributed by atoms with Crippen molar-refractivity contribution >= 4 is 5.91 Å². The molecule has 5 nitrogen and oxygen atoms in total. The van der Waals surface area contributed by atoms with E-state index in [1.165, 1.54) is 36.0 Å². The number of aryl methyl sites for hydroxylation is 1. The Morgan fingerprint density at radius 2 is 1.92 bits per heavy atom. The summed E-state index contributed by atoms with van der Waals surface area (Å²) in [7, 11) is 1.48. The number of nitrogens with one attached hydrogen (secondary N) is 1. The molecule has 0 radical (unpaired) electrons. The van der Waals surface area contributed by atoms with Gasteiger partial charge in [-0.25, -0.2) is 0 Å². The third kappa shape index (κ3) is 2.86. The first-order valence-corrected chi connectivity index (χ1v) is 7.07. The molecule has 8 heteroatoms. The van der Waals surface area contributed by atoms with Crippen molar-refractivity contribution in [2.45, 2.75) is 12.7 Å². The van der Waals surface area contributed by atoms with Crippen molar-refractivity contribution in [3.63, 3.8) is 0 Å². The van der Waals surface area contributed by atoms with Gasteiger partial charge in [0.15, 0.2) is 6.61 Å². The molecule has 1 aliphatic heterocycles. The number of nitrogens with zero attached hydrogens (tertiary/aromatic N) is 1. The lowest BCUT2D eigenvalue weighted by Gasteiger charge is -2.15. The molecule has 0 saturated carbocycles. The number of aromatic nitrogens is 1. The van der Waals surface area contributed by atoms with Gasteiger partial charge in [0.2, 0.25) is 0 Å². The minimum atomic E-state index is -4.49. The molecule has 0 atom stereocenters. The van der Waals surface area contributed by atoms with Gasteiger partial charge in [0.1, 0.15) is 5.75 Å². The summed E-state index contributed by atoms with van der Waals surface area (Å²) in [5, 5.41) is 2.61. The number of carbonyl (C=O) groups is 1. The number of ether oxygens (including phenoxy) is 1. The molecule has 126 valence electrons. The van der Waals surface area contributed by atoms with Crippen molar-refractivity contribution in [3.05, 3.63) is 51.9 Å². The van der Waals surface area contributed by atoms with Crippen LogP contribution in [0.4, 0.5) is 13.2 Å². The molecule has 1 aromatic carbocycles. The first kappa shape index (κ1) is 16.1. The van der Waals surface area contributed by atoms with Crippen molar-refractivity contribution in [3.8, 4) is 16.9 Å². The standard InChI is InChI=1S/C16H13F3N2O3/c1-21-7-11-10(6-20-14(11)22)13(15(21)23)9-4-2-3-5-12(9)24-8-16(17,18)19/h2-5,7H,6,8H2,1H3,(H,20,22). The van der Waals surface area contributed by atoms with Crippen LogP contribution in [0.5, 0.6) is 5.75 Å². The molecule has 0 fully saturated rings. The van der Waals surface area contributed by atoms with E-state index in [4.69, 9.17) is 4.74 Å². The van der Waals surface area contributed by atoms with Crippen LogP contribution in [0.1, 0.15) is 15.9 Å². The van der Waals surface area contributed by atoms with Crippen LogP contribution < -0.4 is 15.6 Å². The first-order chi connectivity index (χ1) is 11.3. The highest BCUT2D eigenvalue weighted by Gasteiger charge is 2.30. The third-order valence-electron chi connectivity index (χ3n) is 3.70. The van der Waals surface area contributed by atoms with Crippen molar-refractivity contribution in [1.82, 2.24) is 9.88 Å². The van der Waals surface area contributed by atoms with Gasteiger partial charge in [0, 0.05) is 25.4 Å². The van der Waals surface area contributed by atoms with Crippen LogP contribution in [-0.2, 0) is 13.6 Å². The van der Waals surface area contributed by atoms with E-state index in [0.29, 0.717) is 11.1 Å². The normalized spacial score (nSPS) is 13.6. The number of pyridine rings is 1. The second kappa shape index (κ2) is 5.70. The molecule has 1 N–H and O–H groups in total. The molecule has 2 aromatic rings. The number of hydrogen-bond donors (Lipinski definition) is 1. The average molecular weight is 338 g/mol. The maximum absolute atomic E-state index is 12.5. The Balaban J connectivity index is 2.16. The molecule has 1 amide bonds. The Labute approximate surface area is 134 Å². The summed E-state index contributed by atoms with van der Waals surface area (Å²) in [5.74, 6) is -0.379. The van der Waals surface area contributed by atoms with Gasteiger partial charge >= 0.3 is 6.18 Å². The lowest BCUT2D eigenvalue weighted by atomic mass is 9.98. The monoisotopic (exact) mass is 338 g/mol. The summed E-state index contributed by atoms with van der Waals surface area (Å²) in [4.78, 5) is 24.4. The van der Waals surface area contributed by atoms with Crippen LogP contribution >= 0.6 is 0 Å². The molecule has 0 saturated heterocycles. The van der Waals surface area contributed by atoms with Gasteiger partial charge in [0.25, 0.3) is 11.5 Å². The van der Waals surface area contributed by atoms with Crippen LogP contribution in [0.15, 0.2) is 35.3 Å². The SMILES string of the molecule is Cn1cc2c(c(-c3ccccc3OCC(F)(F)F)c1=O)CNC2=O. The van der Waals surface area contributed by atoms with Gasteiger partial charge in [-0.2, -0.15) is 13.2 Å². The van der Waals surface area contributed by atoms with Gasteiger partial charge in [-0.05, 0) is 11.6 Å². The number of amides is 1. The first-order valence-electron chi connectivity index (χ1n) is 7.07. The van der Waals surface area contributed by atoms with E-state index in [-0.39, 0.29) is 29.3 Å². The molecule has 24 heavy (non-hydrogen) atoms. The number of para-hydroxylation sites is 1. The largest absolute Gasteiger partial charge is 0.483 e. The number of fused-ring (bicyclic) bond motifs is 1. The van der Waals surface area contributed by atoms with Crippen molar-refractivity contribution in [1.29, 1.82) is 0 Å². The summed E-state index contributed by atoms with van der Waals surface area (Å²) in [5.41, 5.74) is 0.791. The van der Waals surface area contributed by atoms with Crippen LogP contribution in [0, 0.1) is 0 Å². The van der Waals surface area contributed by atoms with E-state index in [9.17, 15) is 22.8 Å². The van der Waals surface area contributed by atoms with Crippen molar-refractivity contribution in [2.24, 2.45) is 7.05 Å². The molecule has 0 bridgehead atoms. The Morgan fingerprint density at radius 3 is 2.62 bits per heavy atom. The third-order valence-corrected chi connectivity index (χ3v) is 3.70. The Hall–Kier alpha value is -2.77. The fourth-order valence-electron chi connectivity index (χ4n) is 2.65. The van der Waals surface area contributed by atoms with E-state index in [1.807, 2.05) is 0 Å². The molecular formula is C16H13F3N2O3. The van der Waals surface area contributed by atoms with Gasteiger partial charge in [-0.1, -0.05) is 18.2 Å². The molecule has 1 aromatic heterocycles. The summed E-state index contributed by atoms with van der Waals surface area (Å²) < 4.78 is 43.4. The average Bonchev–Trinajstić information content (AvgIpc) is 2.87. The van der Waals surface area contributed by atoms with E-state index in [2.05, 4.69) is 5.32 Å². The van der Waals surface area contributed by atoms with Gasteiger partial charge in [0.05, 0.1) is 11.1 Å². The lowest BCUT2D eigenvalue weighted by molar-refractivity contribution is -0.153. The van der Waals surface area contributed by atoms with E-state index in [0.717, 1.165) is 0 Å². The van der Waals surface area contributed by atoms with Crippen LogP contribution in [-0.4, -0.2) is 23.3 Å². The molecule has 0 spiro atoms. The van der Waals surface area contributed by atoms with E-state index < -0.39 is 18.3 Å². The highest BCUT2D eigenvalue weighted by molar-refractivity contribution is 6.00. The molecule has 1 aliphatic rings. The minimum absolute atomic E-state index is 0.0559. The predicted octanol–water partition coefficient (Wildman–Crippen LogP) is 2.24. The van der Waals surface area contributed by atoms with Crippen LogP contribution in [0.3, 0.4) is 0 Å². The summed E-state index contributed by atoms with van der Waals surface area (Å²) in [6.45, 7) is -1.32. The Morgan fingerprint density at radius 1 is 1.21 bits per heavy atom. The zero-order valence-electron chi connectivity index (χ0n) is 12.6. The maximum Gasteiger partial charge on any atom is 0.422 e. The van der Waals surface area contributed by atoms with Crippen molar-refractivity contribution in [2.75, 3.05) is 6.61 Å². The summed E-state index contributed by atoms with van der Waals surface area (Å²) >= 11 is 0. The number of halogens is 3. The van der Waals surface area contributed by atoms with Crippen molar-refractivity contribution < 1.29 is 22.7 Å². The molecular weight excluding hydrogens is 325 g/mol. The Kier molecular flexibility index (Phi) is 3.82. The molecule has 0 aliphatic carbocycles. The van der Waals surface area contributed by atoms with Gasteiger partial charge < -0.3 is 14.6 Å². The minimum Gasteiger partial charge on any atom is -0.483 e. The maximum atomic E-state index is 12.5. The Bertz CT molecular complexity index is 872. The second-order valence-electron chi connectivity index (χ2n) is 5.40. The van der Waals surface area contributed by atoms with E-state index in [1.54, 1.807) is 6.07 Å². The molecule has 0 unspecified atom stereocenters. The molecule has 2 heterocycles. The molecule has 3 rings (SSSR count). The van der Waals surface area contributed by atoms with E-state index >= 15 is 0 Å². The smallest absolute Gasteiger partial charge is 0.422 e. The lowest BCUT2D eigenvalue weighted by Crippen LogP contribution is -2.22. The fourth-order valence-corrected chi connectivity index (χ4v) is 2.65. The number of rotatable bonds is 3. The number of hydrogen-bond acceptors (Lipinski definition) is 3. The highest BCUT2D eigenvalue weighted by atomic mass is 19.4. The quantitative estimate of drug-likeness (QED) is 0.934. The zero-order chi connectivity index (χ0) is 17.5. The highest BCUT2D eigenvalue weighted by Crippen LogP contribution is 2.33. The summed E-state index contributed by atoms with van der Waals surface area (Å²) in [6.07, 6.45) is -3.07.